The Morgan fingerprint density at radius 2 is 2.10 bits per heavy atom. The maximum Gasteiger partial charge on any atom is 0.257 e. The van der Waals surface area contributed by atoms with Gasteiger partial charge in [-0.05, 0) is 37.5 Å². The number of benzene rings is 1. The fourth-order valence-corrected chi connectivity index (χ4v) is 3.20. The second-order valence-corrected chi connectivity index (χ2v) is 5.54. The lowest BCUT2D eigenvalue weighted by molar-refractivity contribution is 0.0661. The predicted molar refractivity (Wildman–Crippen MR) is 76.7 cm³/mol. The lowest BCUT2D eigenvalue weighted by Gasteiger charge is -2.43. The Hall–Kier alpha value is -2.04. The predicted octanol–water partition coefficient (Wildman–Crippen LogP) is 1.58. The third-order valence-electron chi connectivity index (χ3n) is 4.32. The fourth-order valence-electron chi connectivity index (χ4n) is 3.20. The lowest BCUT2D eigenvalue weighted by Crippen LogP contribution is -2.53. The number of fused-ring (bicyclic) bond motifs is 2. The minimum Gasteiger partial charge on any atom is -0.366 e. The number of hydrogen-bond donors (Lipinski definition) is 1. The average molecular weight is 273 g/mol. The molecule has 0 spiro atoms. The van der Waals surface area contributed by atoms with Gasteiger partial charge in [0.1, 0.15) is 6.17 Å². The van der Waals surface area contributed by atoms with Crippen molar-refractivity contribution in [2.24, 2.45) is 5.73 Å². The van der Waals surface area contributed by atoms with Crippen LogP contribution < -0.4 is 10.6 Å². The quantitative estimate of drug-likeness (QED) is 0.844. The lowest BCUT2D eigenvalue weighted by atomic mass is 10.0. The van der Waals surface area contributed by atoms with Crippen molar-refractivity contribution >= 4 is 17.5 Å². The molecule has 1 aromatic carbocycles. The number of amides is 2. The molecule has 106 valence electrons. The molecule has 5 nitrogen and oxygen atoms in total. The first-order valence-electron chi connectivity index (χ1n) is 7.07. The van der Waals surface area contributed by atoms with Crippen LogP contribution in [0.5, 0.6) is 0 Å². The molecule has 2 aliphatic heterocycles. The first-order valence-corrected chi connectivity index (χ1v) is 7.07. The van der Waals surface area contributed by atoms with Gasteiger partial charge in [-0.15, -0.1) is 0 Å². The number of rotatable bonds is 1. The largest absolute Gasteiger partial charge is 0.366 e. The van der Waals surface area contributed by atoms with Crippen LogP contribution in [0.15, 0.2) is 18.2 Å². The van der Waals surface area contributed by atoms with E-state index < -0.39 is 5.91 Å². The van der Waals surface area contributed by atoms with Crippen LogP contribution in [0.1, 0.15) is 46.4 Å². The Labute approximate surface area is 118 Å². The molecule has 1 saturated heterocycles. The van der Waals surface area contributed by atoms with Crippen LogP contribution in [0.25, 0.3) is 0 Å². The standard InChI is InChI=1S/C15H19N3O2/c1-17-12-9-10(14(16)19)6-7-11(12)15(20)18-8-4-2-3-5-13(17)18/h6-7,9,13H,2-5,8H2,1H3,(H2,16,19)/t13-/m0/s1. The van der Waals surface area contributed by atoms with Crippen LogP contribution in [0.2, 0.25) is 0 Å². The SMILES string of the molecule is CN1c2cc(C(N)=O)ccc2C(=O)N2CCCCC[C@H]21. The van der Waals surface area contributed by atoms with E-state index in [9.17, 15) is 9.59 Å². The zero-order valence-electron chi connectivity index (χ0n) is 11.6. The Bertz CT molecular complexity index is 570. The van der Waals surface area contributed by atoms with Crippen LogP contribution in [0.4, 0.5) is 5.69 Å². The Morgan fingerprint density at radius 1 is 1.30 bits per heavy atom. The maximum atomic E-state index is 12.6. The van der Waals surface area contributed by atoms with E-state index in [1.165, 1.54) is 0 Å². The molecular formula is C15H19N3O2. The van der Waals surface area contributed by atoms with Gasteiger partial charge in [0.05, 0.1) is 11.3 Å². The maximum absolute atomic E-state index is 12.6. The number of hydrogen-bond acceptors (Lipinski definition) is 3. The zero-order valence-corrected chi connectivity index (χ0v) is 11.6. The van der Waals surface area contributed by atoms with Gasteiger partial charge in [-0.25, -0.2) is 0 Å². The number of nitrogens with zero attached hydrogens (tertiary/aromatic N) is 2. The van der Waals surface area contributed by atoms with Gasteiger partial charge in [0, 0.05) is 19.2 Å². The van der Waals surface area contributed by atoms with Crippen LogP contribution in [0.3, 0.4) is 0 Å². The highest BCUT2D eigenvalue weighted by Gasteiger charge is 2.36. The molecule has 0 aliphatic carbocycles. The molecule has 0 aromatic heterocycles. The van der Waals surface area contributed by atoms with Gasteiger partial charge < -0.3 is 15.5 Å². The van der Waals surface area contributed by atoms with E-state index in [0.29, 0.717) is 11.1 Å². The average Bonchev–Trinajstić information content (AvgIpc) is 2.70. The molecule has 0 unspecified atom stereocenters. The third kappa shape index (κ3) is 1.94. The monoisotopic (exact) mass is 273 g/mol. The second-order valence-electron chi connectivity index (χ2n) is 5.54. The van der Waals surface area contributed by atoms with E-state index in [4.69, 9.17) is 5.73 Å². The summed E-state index contributed by atoms with van der Waals surface area (Å²) in [6.45, 7) is 0.810. The third-order valence-corrected chi connectivity index (χ3v) is 4.32. The molecule has 3 rings (SSSR count). The normalized spacial score (nSPS) is 22.1. The van der Waals surface area contributed by atoms with Crippen LogP contribution >= 0.6 is 0 Å². The molecule has 2 amide bonds. The van der Waals surface area contributed by atoms with E-state index in [-0.39, 0.29) is 12.1 Å². The topological polar surface area (TPSA) is 66.6 Å². The summed E-state index contributed by atoms with van der Waals surface area (Å²) in [5, 5.41) is 0. The van der Waals surface area contributed by atoms with Crippen molar-refractivity contribution in [1.82, 2.24) is 4.90 Å². The van der Waals surface area contributed by atoms with Gasteiger partial charge in [-0.2, -0.15) is 0 Å². The Morgan fingerprint density at radius 3 is 2.85 bits per heavy atom. The summed E-state index contributed by atoms with van der Waals surface area (Å²) < 4.78 is 0. The highest BCUT2D eigenvalue weighted by Crippen LogP contribution is 2.34. The molecule has 0 radical (unpaired) electrons. The van der Waals surface area contributed by atoms with Crippen molar-refractivity contribution in [2.75, 3.05) is 18.5 Å². The number of carbonyl (C=O) groups is 2. The minimum absolute atomic E-state index is 0.0704. The summed E-state index contributed by atoms with van der Waals surface area (Å²) in [4.78, 5) is 28.0. The van der Waals surface area contributed by atoms with Gasteiger partial charge in [0.2, 0.25) is 5.91 Å². The summed E-state index contributed by atoms with van der Waals surface area (Å²) in [5.41, 5.74) is 7.26. The summed E-state index contributed by atoms with van der Waals surface area (Å²) >= 11 is 0. The number of anilines is 1. The molecule has 2 heterocycles. The number of carbonyl (C=O) groups excluding carboxylic acids is 2. The first kappa shape index (κ1) is 13.0. The summed E-state index contributed by atoms with van der Waals surface area (Å²) in [5.74, 6) is -0.391. The molecule has 5 heteroatoms. The van der Waals surface area contributed by atoms with Crippen molar-refractivity contribution in [3.05, 3.63) is 29.3 Å². The van der Waals surface area contributed by atoms with Crippen LogP contribution in [-0.4, -0.2) is 36.5 Å². The van der Waals surface area contributed by atoms with Crippen molar-refractivity contribution in [2.45, 2.75) is 31.8 Å². The Kier molecular flexibility index (Phi) is 3.12. The molecule has 0 saturated carbocycles. The van der Waals surface area contributed by atoms with Gasteiger partial charge >= 0.3 is 0 Å². The van der Waals surface area contributed by atoms with Crippen LogP contribution in [-0.2, 0) is 0 Å². The van der Waals surface area contributed by atoms with Gasteiger partial charge in [0.25, 0.3) is 5.91 Å². The second kappa shape index (κ2) is 4.81. The molecule has 2 aliphatic rings. The molecule has 1 atom stereocenters. The van der Waals surface area contributed by atoms with Crippen molar-refractivity contribution < 1.29 is 9.59 Å². The number of nitrogens with two attached hydrogens (primary N) is 1. The number of primary amides is 1. The van der Waals surface area contributed by atoms with E-state index in [0.717, 1.165) is 37.9 Å². The van der Waals surface area contributed by atoms with Crippen molar-refractivity contribution in [1.29, 1.82) is 0 Å². The van der Waals surface area contributed by atoms with E-state index >= 15 is 0 Å². The molecule has 0 bridgehead atoms. The molecule has 1 aromatic rings. The van der Waals surface area contributed by atoms with E-state index in [1.54, 1.807) is 18.2 Å². The van der Waals surface area contributed by atoms with Gasteiger partial charge in [-0.1, -0.05) is 6.42 Å². The van der Waals surface area contributed by atoms with Gasteiger partial charge in [-0.3, -0.25) is 9.59 Å². The fraction of sp³-hybridized carbons (Fsp3) is 0.467. The molecule has 2 N–H and O–H groups in total. The zero-order chi connectivity index (χ0) is 14.3. The summed E-state index contributed by atoms with van der Waals surface area (Å²) in [6, 6.07) is 5.08. The van der Waals surface area contributed by atoms with E-state index in [2.05, 4.69) is 4.90 Å². The first-order chi connectivity index (χ1) is 9.59. The van der Waals surface area contributed by atoms with E-state index in [1.807, 2.05) is 11.9 Å². The molecule has 1 fully saturated rings. The summed E-state index contributed by atoms with van der Waals surface area (Å²) in [7, 11) is 1.99. The van der Waals surface area contributed by atoms with Crippen LogP contribution in [0, 0.1) is 0 Å². The minimum atomic E-state index is -0.461. The molecular weight excluding hydrogens is 254 g/mol. The highest BCUT2D eigenvalue weighted by atomic mass is 16.2. The van der Waals surface area contributed by atoms with Crippen molar-refractivity contribution in [3.8, 4) is 0 Å². The van der Waals surface area contributed by atoms with Gasteiger partial charge in [0.15, 0.2) is 0 Å². The smallest absolute Gasteiger partial charge is 0.257 e. The Balaban J connectivity index is 2.07. The van der Waals surface area contributed by atoms with Crippen molar-refractivity contribution in [3.63, 3.8) is 0 Å². The molecule has 20 heavy (non-hydrogen) atoms. The summed E-state index contributed by atoms with van der Waals surface area (Å²) in [6.07, 6.45) is 4.43. The highest BCUT2D eigenvalue weighted by molar-refractivity contribution is 6.04.